The molecular weight excluding hydrogens is 431 g/mol. The summed E-state index contributed by atoms with van der Waals surface area (Å²) >= 11 is 0. The second-order valence-electron chi connectivity index (χ2n) is 6.29. The van der Waals surface area contributed by atoms with Crippen molar-refractivity contribution in [1.29, 1.82) is 0 Å². The van der Waals surface area contributed by atoms with Gasteiger partial charge in [0.15, 0.2) is 5.96 Å². The van der Waals surface area contributed by atoms with Crippen LogP contribution >= 0.6 is 24.0 Å². The molecule has 140 valence electrons. The zero-order chi connectivity index (χ0) is 17.5. The summed E-state index contributed by atoms with van der Waals surface area (Å²) in [6, 6.07) is 5.79. The predicted molar refractivity (Wildman–Crippen MR) is 113 cm³/mol. The van der Waals surface area contributed by atoms with E-state index in [4.69, 9.17) is 4.74 Å². The Morgan fingerprint density at radius 1 is 1.36 bits per heavy atom. The number of aliphatic imine (C=N–C) groups is 1. The lowest BCUT2D eigenvalue weighted by Gasteiger charge is -2.33. The molecule has 0 atom stereocenters. The van der Waals surface area contributed by atoms with Crippen molar-refractivity contribution in [3.8, 4) is 5.75 Å². The van der Waals surface area contributed by atoms with Gasteiger partial charge in [0, 0.05) is 33.6 Å². The molecule has 0 saturated carbocycles. The molecule has 1 aliphatic heterocycles. The van der Waals surface area contributed by atoms with Crippen LogP contribution in [0.1, 0.15) is 32.3 Å². The Morgan fingerprint density at radius 2 is 2.04 bits per heavy atom. The Balaban J connectivity index is 0.00000312. The first-order chi connectivity index (χ1) is 11.5. The summed E-state index contributed by atoms with van der Waals surface area (Å²) in [5.74, 6) is 2.26. The number of carbonyl (C=O) groups is 1. The molecule has 1 saturated heterocycles. The molecule has 7 heteroatoms. The molecule has 0 aromatic heterocycles. The minimum absolute atomic E-state index is 0. The maximum Gasteiger partial charge on any atom is 0.221 e. The number of halogens is 1. The molecule has 1 aromatic rings. The van der Waals surface area contributed by atoms with Crippen LogP contribution in [-0.2, 0) is 11.3 Å². The van der Waals surface area contributed by atoms with Gasteiger partial charge in [0.05, 0.1) is 12.8 Å². The van der Waals surface area contributed by atoms with Crippen LogP contribution in [0.2, 0.25) is 0 Å². The number of hydrogen-bond acceptors (Lipinski definition) is 3. The molecular formula is C18H29IN4O2. The highest BCUT2D eigenvalue weighted by Gasteiger charge is 2.18. The molecule has 0 spiro atoms. The fraction of sp³-hybridized carbons (Fsp3) is 0.556. The molecule has 2 N–H and O–H groups in total. The summed E-state index contributed by atoms with van der Waals surface area (Å²) in [5.41, 5.74) is 1.75. The second-order valence-corrected chi connectivity index (χ2v) is 6.29. The van der Waals surface area contributed by atoms with Gasteiger partial charge in [0.25, 0.3) is 0 Å². The molecule has 1 amide bonds. The highest BCUT2D eigenvalue weighted by Crippen LogP contribution is 2.25. The van der Waals surface area contributed by atoms with Gasteiger partial charge in [-0.1, -0.05) is 13.0 Å². The first-order valence-corrected chi connectivity index (χ1v) is 8.43. The van der Waals surface area contributed by atoms with Gasteiger partial charge in [-0.15, -0.1) is 24.0 Å². The summed E-state index contributed by atoms with van der Waals surface area (Å²) in [7, 11) is 3.41. The lowest BCUT2D eigenvalue weighted by molar-refractivity contribution is -0.114. The number of nitrogens with one attached hydrogen (secondary N) is 2. The zero-order valence-electron chi connectivity index (χ0n) is 15.5. The van der Waals surface area contributed by atoms with E-state index in [1.54, 1.807) is 7.11 Å². The van der Waals surface area contributed by atoms with Gasteiger partial charge in [0.2, 0.25) is 5.91 Å². The Bertz CT molecular complexity index is 599. The number of methoxy groups -OCH3 is 1. The van der Waals surface area contributed by atoms with Crippen LogP contribution in [0.5, 0.6) is 5.75 Å². The lowest BCUT2D eigenvalue weighted by Crippen LogP contribution is -2.45. The number of guanidine groups is 1. The largest absolute Gasteiger partial charge is 0.495 e. The average Bonchev–Trinajstić information content (AvgIpc) is 2.56. The van der Waals surface area contributed by atoms with Crippen molar-refractivity contribution in [2.45, 2.75) is 33.2 Å². The molecule has 0 bridgehead atoms. The Kier molecular flexibility index (Phi) is 9.02. The van der Waals surface area contributed by atoms with Gasteiger partial charge in [0.1, 0.15) is 5.75 Å². The van der Waals surface area contributed by atoms with Crippen LogP contribution in [0.3, 0.4) is 0 Å². The third kappa shape index (κ3) is 6.37. The van der Waals surface area contributed by atoms with Crippen molar-refractivity contribution < 1.29 is 9.53 Å². The van der Waals surface area contributed by atoms with E-state index in [2.05, 4.69) is 27.4 Å². The first-order valence-electron chi connectivity index (χ1n) is 8.43. The van der Waals surface area contributed by atoms with Gasteiger partial charge < -0.3 is 20.3 Å². The topological polar surface area (TPSA) is 66.0 Å². The zero-order valence-corrected chi connectivity index (χ0v) is 17.8. The standard InChI is InChI=1S/C18H28N4O2.HI/c1-13-7-9-22(10-8-13)18(19-3)20-12-15-5-6-17(24-4)16(11-15)21-14(2)23;/h5-6,11,13H,7-10,12H2,1-4H3,(H,19,20)(H,21,23);1H. The van der Waals surface area contributed by atoms with Crippen molar-refractivity contribution in [2.75, 3.05) is 32.6 Å². The Labute approximate surface area is 167 Å². The van der Waals surface area contributed by atoms with Crippen LogP contribution in [-0.4, -0.2) is 44.0 Å². The minimum atomic E-state index is -0.114. The maximum atomic E-state index is 11.3. The van der Waals surface area contributed by atoms with Crippen molar-refractivity contribution in [1.82, 2.24) is 10.2 Å². The average molecular weight is 460 g/mol. The van der Waals surface area contributed by atoms with Crippen LogP contribution in [0.25, 0.3) is 0 Å². The number of rotatable bonds is 4. The van der Waals surface area contributed by atoms with E-state index in [9.17, 15) is 4.79 Å². The molecule has 1 aromatic carbocycles. The molecule has 2 rings (SSSR count). The number of ether oxygens (including phenoxy) is 1. The van der Waals surface area contributed by atoms with Crippen LogP contribution < -0.4 is 15.4 Å². The van der Waals surface area contributed by atoms with Crippen LogP contribution in [0.15, 0.2) is 23.2 Å². The molecule has 0 aliphatic carbocycles. The van der Waals surface area contributed by atoms with Crippen molar-refractivity contribution in [2.24, 2.45) is 10.9 Å². The lowest BCUT2D eigenvalue weighted by atomic mass is 9.99. The van der Waals surface area contributed by atoms with Gasteiger partial charge in [-0.2, -0.15) is 0 Å². The van der Waals surface area contributed by atoms with Gasteiger partial charge in [-0.25, -0.2) is 0 Å². The van der Waals surface area contributed by atoms with Gasteiger partial charge in [-0.3, -0.25) is 9.79 Å². The molecule has 0 radical (unpaired) electrons. The molecule has 1 fully saturated rings. The summed E-state index contributed by atoms with van der Waals surface area (Å²) in [6.07, 6.45) is 2.41. The Morgan fingerprint density at radius 3 is 2.60 bits per heavy atom. The molecule has 1 heterocycles. The van der Waals surface area contributed by atoms with E-state index >= 15 is 0 Å². The van der Waals surface area contributed by atoms with Crippen LogP contribution in [0, 0.1) is 5.92 Å². The highest BCUT2D eigenvalue weighted by molar-refractivity contribution is 14.0. The summed E-state index contributed by atoms with van der Waals surface area (Å²) in [6.45, 7) is 6.52. The van der Waals surface area contributed by atoms with Gasteiger partial charge >= 0.3 is 0 Å². The minimum Gasteiger partial charge on any atom is -0.495 e. The van der Waals surface area contributed by atoms with Gasteiger partial charge in [-0.05, 0) is 36.5 Å². The van der Waals surface area contributed by atoms with Crippen molar-refractivity contribution in [3.05, 3.63) is 23.8 Å². The van der Waals surface area contributed by atoms with E-state index in [-0.39, 0.29) is 29.9 Å². The molecule has 25 heavy (non-hydrogen) atoms. The fourth-order valence-corrected chi connectivity index (χ4v) is 2.89. The first kappa shape index (κ1) is 21.5. The predicted octanol–water partition coefficient (Wildman–Crippen LogP) is 3.08. The number of benzene rings is 1. The SMILES string of the molecule is CN=C(NCc1ccc(OC)c(NC(C)=O)c1)N1CCC(C)CC1.I. The van der Waals surface area contributed by atoms with E-state index in [1.165, 1.54) is 19.8 Å². The van der Waals surface area contributed by atoms with Crippen molar-refractivity contribution >= 4 is 41.5 Å². The molecule has 1 aliphatic rings. The number of hydrogen-bond donors (Lipinski definition) is 2. The molecule has 6 nitrogen and oxygen atoms in total. The van der Waals surface area contributed by atoms with Crippen molar-refractivity contribution in [3.63, 3.8) is 0 Å². The monoisotopic (exact) mass is 460 g/mol. The maximum absolute atomic E-state index is 11.3. The number of likely N-dealkylation sites (tertiary alicyclic amines) is 1. The summed E-state index contributed by atoms with van der Waals surface area (Å²) in [5, 5.41) is 6.21. The van der Waals surface area contributed by atoms with E-state index in [1.807, 2.05) is 25.2 Å². The Hall–Kier alpha value is -1.51. The summed E-state index contributed by atoms with van der Waals surface area (Å²) in [4.78, 5) is 18.0. The number of piperidine rings is 1. The fourth-order valence-electron chi connectivity index (χ4n) is 2.89. The molecule has 0 unspecified atom stereocenters. The smallest absolute Gasteiger partial charge is 0.221 e. The highest BCUT2D eigenvalue weighted by atomic mass is 127. The number of nitrogens with zero attached hydrogens (tertiary/aromatic N) is 2. The van der Waals surface area contributed by atoms with E-state index in [0.29, 0.717) is 18.0 Å². The normalized spacial score (nSPS) is 15.4. The van der Waals surface area contributed by atoms with E-state index in [0.717, 1.165) is 30.5 Å². The third-order valence-electron chi connectivity index (χ3n) is 4.32. The quantitative estimate of drug-likeness (QED) is 0.412. The van der Waals surface area contributed by atoms with Crippen LogP contribution in [0.4, 0.5) is 5.69 Å². The third-order valence-corrected chi connectivity index (χ3v) is 4.32. The number of carbonyl (C=O) groups excluding carboxylic acids is 1. The number of anilines is 1. The number of amides is 1. The van der Waals surface area contributed by atoms with E-state index < -0.39 is 0 Å². The second kappa shape index (κ2) is 10.5. The summed E-state index contributed by atoms with van der Waals surface area (Å²) < 4.78 is 5.29.